The first-order chi connectivity index (χ1) is 9.81. The number of fused-ring (bicyclic) bond motifs is 1. The molecule has 1 saturated carbocycles. The SMILES string of the molecule is BrCC1(CSc2ccc3c(c2)CCC3)CCCCCC1. The van der Waals surface area contributed by atoms with E-state index < -0.39 is 0 Å². The Kier molecular flexibility index (Phi) is 5.14. The Bertz CT molecular complexity index is 447. The van der Waals surface area contributed by atoms with Crippen molar-refractivity contribution in [2.45, 2.75) is 62.7 Å². The first-order valence-corrected chi connectivity index (χ1v) is 10.2. The van der Waals surface area contributed by atoms with Gasteiger partial charge in [0, 0.05) is 16.0 Å². The number of halogens is 1. The Morgan fingerprint density at radius 3 is 2.45 bits per heavy atom. The van der Waals surface area contributed by atoms with E-state index in [9.17, 15) is 0 Å². The smallest absolute Gasteiger partial charge is 0.00959 e. The second-order valence-electron chi connectivity index (χ2n) is 6.62. The Labute approximate surface area is 136 Å². The minimum Gasteiger partial charge on any atom is -0.126 e. The third-order valence-electron chi connectivity index (χ3n) is 5.06. The number of hydrogen-bond acceptors (Lipinski definition) is 1. The van der Waals surface area contributed by atoms with Gasteiger partial charge in [0.2, 0.25) is 0 Å². The van der Waals surface area contributed by atoms with Crippen LogP contribution in [0.25, 0.3) is 0 Å². The maximum Gasteiger partial charge on any atom is 0.00959 e. The Balaban J connectivity index is 1.65. The minimum absolute atomic E-state index is 0.542. The molecule has 0 saturated heterocycles. The van der Waals surface area contributed by atoms with E-state index in [4.69, 9.17) is 0 Å². The molecule has 0 amide bonds. The van der Waals surface area contributed by atoms with Crippen LogP contribution < -0.4 is 0 Å². The van der Waals surface area contributed by atoms with Gasteiger partial charge in [0.15, 0.2) is 0 Å². The number of benzene rings is 1. The number of alkyl halides is 1. The monoisotopic (exact) mass is 352 g/mol. The molecule has 0 aromatic heterocycles. The number of thioether (sulfide) groups is 1. The van der Waals surface area contributed by atoms with Crippen molar-refractivity contribution in [1.82, 2.24) is 0 Å². The lowest BCUT2D eigenvalue weighted by Crippen LogP contribution is -2.25. The maximum absolute atomic E-state index is 3.81. The van der Waals surface area contributed by atoms with E-state index in [1.54, 1.807) is 11.1 Å². The van der Waals surface area contributed by atoms with Gasteiger partial charge in [0.25, 0.3) is 0 Å². The fraction of sp³-hybridized carbons (Fsp3) is 0.667. The second kappa shape index (κ2) is 6.87. The molecular formula is C18H25BrS. The zero-order chi connectivity index (χ0) is 13.8. The third kappa shape index (κ3) is 3.44. The van der Waals surface area contributed by atoms with E-state index in [-0.39, 0.29) is 0 Å². The summed E-state index contributed by atoms with van der Waals surface area (Å²) in [5.74, 6) is 1.29. The third-order valence-corrected chi connectivity index (χ3v) is 7.60. The van der Waals surface area contributed by atoms with Gasteiger partial charge in [-0.25, -0.2) is 0 Å². The van der Waals surface area contributed by atoms with Crippen LogP contribution in [-0.2, 0) is 12.8 Å². The molecule has 1 fully saturated rings. The van der Waals surface area contributed by atoms with Gasteiger partial charge < -0.3 is 0 Å². The Morgan fingerprint density at radius 2 is 1.70 bits per heavy atom. The molecule has 0 radical (unpaired) electrons. The molecule has 3 rings (SSSR count). The van der Waals surface area contributed by atoms with Crippen LogP contribution in [0.4, 0.5) is 0 Å². The zero-order valence-corrected chi connectivity index (χ0v) is 14.7. The Hall–Kier alpha value is 0.0500. The molecule has 2 aliphatic carbocycles. The van der Waals surface area contributed by atoms with Gasteiger partial charge in [0.1, 0.15) is 0 Å². The summed E-state index contributed by atoms with van der Waals surface area (Å²) in [4.78, 5) is 1.50. The first-order valence-electron chi connectivity index (χ1n) is 8.12. The molecule has 2 heteroatoms. The van der Waals surface area contributed by atoms with E-state index in [0.717, 1.165) is 0 Å². The molecule has 0 heterocycles. The quantitative estimate of drug-likeness (QED) is 0.363. The van der Waals surface area contributed by atoms with Crippen molar-refractivity contribution >= 4 is 27.7 Å². The predicted molar refractivity (Wildman–Crippen MR) is 93.1 cm³/mol. The minimum atomic E-state index is 0.542. The van der Waals surface area contributed by atoms with Crippen LogP contribution in [0.1, 0.15) is 56.1 Å². The highest BCUT2D eigenvalue weighted by molar-refractivity contribution is 9.09. The van der Waals surface area contributed by atoms with E-state index in [0.29, 0.717) is 5.41 Å². The highest BCUT2D eigenvalue weighted by atomic mass is 79.9. The molecule has 110 valence electrons. The molecule has 1 aromatic rings. The summed E-state index contributed by atoms with van der Waals surface area (Å²) in [6, 6.07) is 7.19. The van der Waals surface area contributed by atoms with Gasteiger partial charge in [-0.05, 0) is 60.8 Å². The van der Waals surface area contributed by atoms with Crippen LogP contribution in [0.2, 0.25) is 0 Å². The molecule has 20 heavy (non-hydrogen) atoms. The van der Waals surface area contributed by atoms with Crippen LogP contribution in [0, 0.1) is 5.41 Å². The lowest BCUT2D eigenvalue weighted by Gasteiger charge is -2.30. The molecule has 1 aromatic carbocycles. The average molecular weight is 353 g/mol. The standard InChI is InChI=1S/C18H25BrS/c19-13-18(10-3-1-2-4-11-18)14-20-17-9-8-15-6-5-7-16(15)12-17/h8-9,12H,1-7,10-11,13-14H2. The normalized spacial score (nSPS) is 21.4. The lowest BCUT2D eigenvalue weighted by molar-refractivity contribution is 0.334. The van der Waals surface area contributed by atoms with Gasteiger partial charge >= 0.3 is 0 Å². The summed E-state index contributed by atoms with van der Waals surface area (Å²) in [5, 5.41) is 1.18. The van der Waals surface area contributed by atoms with Crippen LogP contribution >= 0.6 is 27.7 Å². The van der Waals surface area contributed by atoms with Crippen LogP contribution in [0.3, 0.4) is 0 Å². The van der Waals surface area contributed by atoms with Crippen molar-refractivity contribution in [2.24, 2.45) is 5.41 Å². The Morgan fingerprint density at radius 1 is 0.950 bits per heavy atom. The van der Waals surface area contributed by atoms with Crippen LogP contribution in [0.15, 0.2) is 23.1 Å². The topological polar surface area (TPSA) is 0 Å². The number of rotatable bonds is 4. The van der Waals surface area contributed by atoms with Crippen LogP contribution in [-0.4, -0.2) is 11.1 Å². The number of aryl methyl sites for hydroxylation is 2. The van der Waals surface area contributed by atoms with Crippen molar-refractivity contribution in [3.05, 3.63) is 29.3 Å². The fourth-order valence-electron chi connectivity index (χ4n) is 3.67. The van der Waals surface area contributed by atoms with Gasteiger partial charge in [-0.15, -0.1) is 11.8 Å². The molecule has 0 nitrogen and oxygen atoms in total. The molecule has 2 aliphatic rings. The van der Waals surface area contributed by atoms with Crippen molar-refractivity contribution in [2.75, 3.05) is 11.1 Å². The largest absolute Gasteiger partial charge is 0.126 e. The fourth-order valence-corrected chi connectivity index (χ4v) is 5.94. The van der Waals surface area contributed by atoms with E-state index >= 15 is 0 Å². The van der Waals surface area contributed by atoms with E-state index in [2.05, 4.69) is 45.9 Å². The van der Waals surface area contributed by atoms with Gasteiger partial charge in [0.05, 0.1) is 0 Å². The van der Waals surface area contributed by atoms with Crippen molar-refractivity contribution in [1.29, 1.82) is 0 Å². The van der Waals surface area contributed by atoms with Crippen molar-refractivity contribution in [3.8, 4) is 0 Å². The lowest BCUT2D eigenvalue weighted by atomic mass is 9.85. The summed E-state index contributed by atoms with van der Waals surface area (Å²) >= 11 is 5.91. The highest BCUT2D eigenvalue weighted by Gasteiger charge is 2.30. The summed E-state index contributed by atoms with van der Waals surface area (Å²) in [5.41, 5.74) is 3.75. The molecule has 0 N–H and O–H groups in total. The summed E-state index contributed by atoms with van der Waals surface area (Å²) in [6.45, 7) is 0. The van der Waals surface area contributed by atoms with Gasteiger partial charge in [-0.2, -0.15) is 0 Å². The molecule has 0 unspecified atom stereocenters. The summed E-state index contributed by atoms with van der Waals surface area (Å²) in [6.07, 6.45) is 12.5. The first kappa shape index (κ1) is 15.0. The molecule has 0 aliphatic heterocycles. The molecule has 0 atom stereocenters. The maximum atomic E-state index is 3.81. The summed E-state index contributed by atoms with van der Waals surface area (Å²) in [7, 11) is 0. The van der Waals surface area contributed by atoms with E-state index in [1.807, 2.05) is 0 Å². The van der Waals surface area contributed by atoms with Crippen molar-refractivity contribution in [3.63, 3.8) is 0 Å². The van der Waals surface area contributed by atoms with Gasteiger partial charge in [-0.1, -0.05) is 47.7 Å². The molecule has 0 spiro atoms. The predicted octanol–water partition coefficient (Wildman–Crippen LogP) is 6.00. The number of hydrogen-bond donors (Lipinski definition) is 0. The van der Waals surface area contributed by atoms with Crippen molar-refractivity contribution < 1.29 is 0 Å². The summed E-state index contributed by atoms with van der Waals surface area (Å²) < 4.78 is 0. The van der Waals surface area contributed by atoms with Crippen LogP contribution in [0.5, 0.6) is 0 Å². The molecule has 0 bridgehead atoms. The average Bonchev–Trinajstić information content (AvgIpc) is 2.82. The zero-order valence-electron chi connectivity index (χ0n) is 12.3. The molecular weight excluding hydrogens is 328 g/mol. The van der Waals surface area contributed by atoms with E-state index in [1.165, 1.54) is 73.8 Å². The second-order valence-corrected chi connectivity index (χ2v) is 8.23. The highest BCUT2D eigenvalue weighted by Crippen LogP contribution is 2.41. The van der Waals surface area contributed by atoms with Gasteiger partial charge in [-0.3, -0.25) is 0 Å².